The monoisotopic (exact) mass is 423 g/mol. The Morgan fingerprint density at radius 3 is 1.29 bits per heavy atom. The summed E-state index contributed by atoms with van der Waals surface area (Å²) in [6, 6.07) is 9.35. The number of halogens is 3. The summed E-state index contributed by atoms with van der Waals surface area (Å²) in [7, 11) is 0. The molecule has 0 N–H and O–H groups in total. The van der Waals surface area contributed by atoms with Crippen molar-refractivity contribution in [3.05, 3.63) is 71.9 Å². The van der Waals surface area contributed by atoms with Gasteiger partial charge in [-0.3, -0.25) is 14.7 Å². The van der Waals surface area contributed by atoms with Gasteiger partial charge in [-0.15, -0.1) is 0 Å². The van der Waals surface area contributed by atoms with E-state index in [1.54, 1.807) is 36.4 Å². The minimum Gasteiger partial charge on any atom is -0.289 e. The van der Waals surface area contributed by atoms with E-state index in [1.807, 2.05) is 0 Å². The Morgan fingerprint density at radius 1 is 0.500 bits per heavy atom. The quantitative estimate of drug-likeness (QED) is 0.205. The predicted molar refractivity (Wildman–Crippen MR) is 114 cm³/mol. The van der Waals surface area contributed by atoms with Crippen LogP contribution in [0.5, 0.6) is 5.75 Å². The first-order valence-corrected chi connectivity index (χ1v) is 9.53. The van der Waals surface area contributed by atoms with Crippen LogP contribution in [-0.4, -0.2) is 0 Å². The fraction of sp³-hybridized carbons (Fsp3) is 0. The summed E-state index contributed by atoms with van der Waals surface area (Å²) in [6.45, 7) is 0. The van der Waals surface area contributed by atoms with Crippen molar-refractivity contribution in [1.29, 1.82) is 0 Å². The van der Waals surface area contributed by atoms with Gasteiger partial charge in [0.05, 0.1) is 0 Å². The van der Waals surface area contributed by atoms with E-state index >= 15 is 0 Å². The zero-order valence-corrected chi connectivity index (χ0v) is 16.1. The summed E-state index contributed by atoms with van der Waals surface area (Å²) in [5, 5.41) is 17.2. The normalized spacial score (nSPS) is 12.5. The number of hydrogen-bond donors (Lipinski definition) is 0. The van der Waals surface area contributed by atoms with Gasteiger partial charge in [0.1, 0.15) is 0 Å². The van der Waals surface area contributed by atoms with Crippen LogP contribution < -0.4 is 10.9 Å². The number of rotatable bonds is 0. The third kappa shape index (κ3) is 1.77. The molecule has 133 valence electrons. The van der Waals surface area contributed by atoms with Gasteiger partial charge in [-0.2, -0.15) is 0 Å². The van der Waals surface area contributed by atoms with Crippen molar-refractivity contribution in [1.82, 2.24) is 0 Å². The summed E-state index contributed by atoms with van der Waals surface area (Å²) in [5.41, 5.74) is 0.619. The lowest BCUT2D eigenvalue weighted by atomic mass is 9.80. The van der Waals surface area contributed by atoms with Gasteiger partial charge in [-0.1, -0.05) is 34.8 Å². The number of benzene rings is 6. The van der Waals surface area contributed by atoms with Crippen molar-refractivity contribution in [2.75, 3.05) is 0 Å². The smallest absolute Gasteiger partial charge is 0.194 e. The highest BCUT2D eigenvalue weighted by Crippen LogP contribution is 2.51. The third-order valence-corrected chi connectivity index (χ3v) is 6.18. The van der Waals surface area contributed by atoms with E-state index in [4.69, 9.17) is 34.8 Å². The van der Waals surface area contributed by atoms with Crippen LogP contribution in [0.15, 0.2) is 46.0 Å². The molecule has 1 radical (unpaired) electrons. The molecule has 0 saturated carbocycles. The lowest BCUT2D eigenvalue weighted by molar-refractivity contribution is 0.365. The maximum atomic E-state index is 13.2. The van der Waals surface area contributed by atoms with Gasteiger partial charge >= 0.3 is 0 Å². The fourth-order valence-electron chi connectivity index (χ4n) is 4.51. The van der Waals surface area contributed by atoms with Crippen LogP contribution in [0.1, 0.15) is 0 Å². The third-order valence-electron chi connectivity index (χ3n) is 5.53. The molecule has 6 heteroatoms. The van der Waals surface area contributed by atoms with E-state index in [0.717, 1.165) is 0 Å². The first-order chi connectivity index (χ1) is 13.4. The minimum atomic E-state index is -0.303. The highest BCUT2D eigenvalue weighted by Gasteiger charge is 2.29. The minimum absolute atomic E-state index is 0.291. The lowest BCUT2D eigenvalue weighted by Crippen LogP contribution is -2.13. The van der Waals surface area contributed by atoms with Crippen molar-refractivity contribution in [3.63, 3.8) is 0 Å². The zero-order valence-electron chi connectivity index (χ0n) is 13.8. The molecule has 28 heavy (non-hydrogen) atoms. The summed E-state index contributed by atoms with van der Waals surface area (Å²) < 4.78 is 0. The van der Waals surface area contributed by atoms with Crippen LogP contribution in [0.3, 0.4) is 0 Å². The average Bonchev–Trinajstić information content (AvgIpc) is 2.65. The van der Waals surface area contributed by atoms with Gasteiger partial charge in [-0.05, 0) is 36.4 Å². The second kappa shape index (κ2) is 5.06. The van der Waals surface area contributed by atoms with Crippen molar-refractivity contribution in [2.24, 2.45) is 0 Å². The first kappa shape index (κ1) is 16.4. The number of hydrogen-bond acceptors (Lipinski definition) is 2. The van der Waals surface area contributed by atoms with Crippen LogP contribution in [-0.2, 0) is 5.11 Å². The van der Waals surface area contributed by atoms with Gasteiger partial charge in [0.25, 0.3) is 0 Å². The summed E-state index contributed by atoms with van der Waals surface area (Å²) in [4.78, 5) is 26.5. The van der Waals surface area contributed by atoms with Gasteiger partial charge in [0, 0.05) is 69.3 Å². The summed E-state index contributed by atoms with van der Waals surface area (Å²) >= 11 is 18.7. The highest BCUT2D eigenvalue weighted by atomic mass is 35.5. The Hall–Kier alpha value is -2.59. The SMILES string of the molecule is [O]c1c2cc(Cl)cc3c(=O)c4cc(Cl)cc5c4-c(c23)c2c1cc(Cl)cc2c5=O. The van der Waals surface area contributed by atoms with Gasteiger partial charge < -0.3 is 0 Å². The maximum Gasteiger partial charge on any atom is 0.194 e. The molecule has 0 fully saturated rings. The molecule has 2 aliphatic carbocycles. The molecule has 0 aromatic heterocycles. The molecule has 2 aliphatic rings. The Bertz CT molecular complexity index is 1570. The molecule has 0 spiro atoms. The topological polar surface area (TPSA) is 54.0 Å². The molecule has 6 rings (SSSR count). The molecule has 0 aliphatic heterocycles. The van der Waals surface area contributed by atoms with Gasteiger partial charge in [0.15, 0.2) is 16.6 Å². The molecular formula is C22H6Cl3O3. The molecule has 4 aromatic rings. The molecule has 0 heterocycles. The van der Waals surface area contributed by atoms with E-state index in [-0.39, 0.29) is 16.6 Å². The van der Waals surface area contributed by atoms with Crippen molar-refractivity contribution in [3.8, 4) is 16.9 Å². The lowest BCUT2D eigenvalue weighted by Gasteiger charge is -2.21. The van der Waals surface area contributed by atoms with Crippen LogP contribution in [0.25, 0.3) is 54.2 Å². The molecule has 4 aromatic carbocycles. The Labute approximate surface area is 171 Å². The molecule has 0 bridgehead atoms. The second-order valence-corrected chi connectivity index (χ2v) is 8.30. The summed E-state index contributed by atoms with van der Waals surface area (Å²) in [5.74, 6) is -0.303. The van der Waals surface area contributed by atoms with Crippen LogP contribution in [0, 0.1) is 0 Å². The van der Waals surface area contributed by atoms with Crippen molar-refractivity contribution in [2.45, 2.75) is 0 Å². The van der Waals surface area contributed by atoms with Crippen molar-refractivity contribution < 1.29 is 5.11 Å². The van der Waals surface area contributed by atoms with E-state index in [9.17, 15) is 14.7 Å². The maximum absolute atomic E-state index is 13.2. The zero-order chi connectivity index (χ0) is 19.5. The molecule has 3 nitrogen and oxygen atoms in total. The summed E-state index contributed by atoms with van der Waals surface area (Å²) in [6.07, 6.45) is 0. The Balaban J connectivity index is 2.19. The molecule has 0 unspecified atom stereocenters. The second-order valence-electron chi connectivity index (χ2n) is 6.99. The first-order valence-electron chi connectivity index (χ1n) is 8.39. The fourth-order valence-corrected chi connectivity index (χ4v) is 5.17. The van der Waals surface area contributed by atoms with E-state index in [0.29, 0.717) is 69.3 Å². The molecule has 0 atom stereocenters. The van der Waals surface area contributed by atoms with Crippen LogP contribution in [0.2, 0.25) is 15.1 Å². The highest BCUT2D eigenvalue weighted by molar-refractivity contribution is 6.39. The Morgan fingerprint density at radius 2 is 0.857 bits per heavy atom. The van der Waals surface area contributed by atoms with E-state index < -0.39 is 0 Å². The van der Waals surface area contributed by atoms with Gasteiger partial charge in [-0.25, -0.2) is 0 Å². The van der Waals surface area contributed by atoms with Crippen LogP contribution >= 0.6 is 34.8 Å². The molecule has 0 amide bonds. The average molecular weight is 425 g/mol. The van der Waals surface area contributed by atoms with E-state index in [2.05, 4.69) is 0 Å². The van der Waals surface area contributed by atoms with Crippen LogP contribution in [0.4, 0.5) is 0 Å². The van der Waals surface area contributed by atoms with Gasteiger partial charge in [0.2, 0.25) is 0 Å². The molecule has 0 saturated heterocycles. The largest absolute Gasteiger partial charge is 0.289 e. The standard InChI is InChI=1S/C22H6Cl3O3/c23-7-1-10-16-11(2-7)21(27)14-5-9(25)6-15-18(14)19(16)17-12(20(10)26)3-8(24)4-13(17)22(15)28/h1-6H. The Kier molecular flexibility index (Phi) is 2.96. The molecular weight excluding hydrogens is 419 g/mol. The van der Waals surface area contributed by atoms with Crippen molar-refractivity contribution >= 4 is 77.9 Å². The predicted octanol–water partition coefficient (Wildman–Crippen LogP) is 6.54. The van der Waals surface area contributed by atoms with E-state index in [1.165, 1.54) is 0 Å².